The highest BCUT2D eigenvalue weighted by Gasteiger charge is 2.58. The van der Waals surface area contributed by atoms with Gasteiger partial charge in [0.25, 0.3) is 0 Å². The molecule has 1 N–H and O–H groups in total. The fraction of sp³-hybridized carbons (Fsp3) is 0.250. The molecule has 0 saturated carbocycles. The molecule has 1 aromatic carbocycles. The van der Waals surface area contributed by atoms with Crippen LogP contribution in [0.25, 0.3) is 0 Å². The molecule has 0 heterocycles. The largest absolute Gasteiger partial charge is 0.458 e. The van der Waals surface area contributed by atoms with E-state index in [1.54, 1.807) is 0 Å². The summed E-state index contributed by atoms with van der Waals surface area (Å²) in [6.07, 6.45) is -5.62. The number of benzene rings is 1. The predicted octanol–water partition coefficient (Wildman–Crippen LogP) is 3.26. The summed E-state index contributed by atoms with van der Waals surface area (Å²) in [5.74, 6) is -4.90. The van der Waals surface area contributed by atoms with Gasteiger partial charge in [0, 0.05) is 5.56 Å². The van der Waals surface area contributed by atoms with Crippen molar-refractivity contribution < 1.29 is 22.0 Å². The number of halogens is 5. The normalized spacial score (nSPS) is 12.9. The van der Waals surface area contributed by atoms with Crippen LogP contribution in [0.15, 0.2) is 24.3 Å². The average molecular weight is 210 g/mol. The number of hydrogen-bond acceptors (Lipinski definition) is 0. The Balaban J connectivity index is 3.16. The maximum absolute atomic E-state index is 12.6. The van der Waals surface area contributed by atoms with E-state index in [-0.39, 0.29) is 5.69 Å². The Morgan fingerprint density at radius 1 is 1.00 bits per heavy atom. The van der Waals surface area contributed by atoms with Crippen molar-refractivity contribution in [3.63, 3.8) is 0 Å². The second-order valence-electron chi connectivity index (χ2n) is 2.65. The summed E-state index contributed by atoms with van der Waals surface area (Å²) in [5.41, 5.74) is 5.33. The molecule has 6 heteroatoms. The van der Waals surface area contributed by atoms with Gasteiger partial charge in [-0.1, -0.05) is 12.1 Å². The number of hydrogen-bond donors (Lipinski definition) is 0. The molecule has 0 fully saturated rings. The molecule has 0 aromatic heterocycles. The monoisotopic (exact) mass is 210 g/mol. The third-order valence-corrected chi connectivity index (χ3v) is 1.58. The van der Waals surface area contributed by atoms with Crippen LogP contribution >= 0.6 is 0 Å². The summed E-state index contributed by atoms with van der Waals surface area (Å²) in [4.78, 5) is 0. The molecule has 77 valence electrons. The van der Waals surface area contributed by atoms with E-state index in [1.165, 1.54) is 0 Å². The molecule has 14 heavy (non-hydrogen) atoms. The zero-order valence-electron chi connectivity index (χ0n) is 6.70. The van der Waals surface area contributed by atoms with Crippen LogP contribution in [-0.2, 0) is 5.92 Å². The first-order chi connectivity index (χ1) is 6.25. The first kappa shape index (κ1) is 10.7. The van der Waals surface area contributed by atoms with Crippen molar-refractivity contribution >= 4 is 5.69 Å². The maximum atomic E-state index is 12.6. The van der Waals surface area contributed by atoms with Crippen molar-refractivity contribution in [1.29, 1.82) is 0 Å². The van der Waals surface area contributed by atoms with E-state index >= 15 is 0 Å². The molecule has 0 aliphatic carbocycles. The highest BCUT2D eigenvalue weighted by Crippen LogP contribution is 2.44. The summed E-state index contributed by atoms with van der Waals surface area (Å²) >= 11 is 0. The third kappa shape index (κ3) is 1.78. The second-order valence-corrected chi connectivity index (χ2v) is 2.65. The molecule has 0 unspecified atom stereocenters. The molecule has 0 amide bonds. The Hall–Kier alpha value is -1.33. The quantitative estimate of drug-likeness (QED) is 0.635. The van der Waals surface area contributed by atoms with E-state index < -0.39 is 17.7 Å². The highest BCUT2D eigenvalue weighted by atomic mass is 19.4. The minimum atomic E-state index is -5.62. The molecular formula is C8H5F5N. The molecule has 0 atom stereocenters. The average Bonchev–Trinajstić information content (AvgIpc) is 2.02. The van der Waals surface area contributed by atoms with Gasteiger partial charge in [-0.15, -0.1) is 0 Å². The summed E-state index contributed by atoms with van der Waals surface area (Å²) < 4.78 is 60.8. The van der Waals surface area contributed by atoms with Crippen LogP contribution in [-0.4, -0.2) is 6.18 Å². The van der Waals surface area contributed by atoms with E-state index in [0.29, 0.717) is 12.1 Å². The fourth-order valence-corrected chi connectivity index (χ4v) is 0.878. The van der Waals surface area contributed by atoms with Gasteiger partial charge in [-0.25, -0.2) is 0 Å². The van der Waals surface area contributed by atoms with E-state index in [9.17, 15) is 22.0 Å². The predicted molar refractivity (Wildman–Crippen MR) is 39.1 cm³/mol. The fourth-order valence-electron chi connectivity index (χ4n) is 0.878. The molecule has 0 aliphatic rings. The van der Waals surface area contributed by atoms with Crippen LogP contribution in [0.5, 0.6) is 0 Å². The zero-order chi connectivity index (χ0) is 11.0. The third-order valence-electron chi connectivity index (χ3n) is 1.58. The first-order valence-corrected chi connectivity index (χ1v) is 3.52. The van der Waals surface area contributed by atoms with Gasteiger partial charge in [-0.05, 0) is 12.1 Å². The molecule has 0 aliphatic heterocycles. The van der Waals surface area contributed by atoms with E-state index in [1.807, 2.05) is 0 Å². The second kappa shape index (κ2) is 3.11. The Labute approximate surface area is 76.3 Å². The summed E-state index contributed by atoms with van der Waals surface area (Å²) in [6.45, 7) is 0. The van der Waals surface area contributed by atoms with Crippen molar-refractivity contribution in [3.8, 4) is 0 Å². The summed E-state index contributed by atoms with van der Waals surface area (Å²) in [6, 6.07) is 3.24. The Kier molecular flexibility index (Phi) is 2.39. The molecule has 0 saturated heterocycles. The lowest BCUT2D eigenvalue weighted by atomic mass is 10.1. The van der Waals surface area contributed by atoms with Crippen molar-refractivity contribution in [2.75, 3.05) is 0 Å². The van der Waals surface area contributed by atoms with Crippen LogP contribution in [0.4, 0.5) is 27.6 Å². The van der Waals surface area contributed by atoms with Crippen LogP contribution in [0.2, 0.25) is 0 Å². The van der Waals surface area contributed by atoms with E-state index in [0.717, 1.165) is 12.1 Å². The minimum absolute atomic E-state index is 0.383. The smallest absolute Gasteiger partial charge is 0.301 e. The Bertz CT molecular complexity index is 331. The SMILES string of the molecule is [NH]c1cccc(C(F)(F)C(F)(F)F)c1. The van der Waals surface area contributed by atoms with Crippen LogP contribution in [0, 0.1) is 0 Å². The molecule has 1 radical (unpaired) electrons. The standard InChI is InChI=1S/C8H5F5N/c9-7(10,8(11,12)13)5-2-1-3-6(14)4-5/h1-4,14H. The van der Waals surface area contributed by atoms with Gasteiger partial charge in [-0.2, -0.15) is 22.0 Å². The van der Waals surface area contributed by atoms with E-state index in [4.69, 9.17) is 5.73 Å². The first-order valence-electron chi connectivity index (χ1n) is 3.52. The minimum Gasteiger partial charge on any atom is -0.301 e. The molecule has 1 rings (SSSR count). The molecular weight excluding hydrogens is 205 g/mol. The summed E-state index contributed by atoms with van der Waals surface area (Å²) in [5, 5.41) is 0. The van der Waals surface area contributed by atoms with Gasteiger partial charge in [0.15, 0.2) is 0 Å². The number of alkyl halides is 5. The van der Waals surface area contributed by atoms with Crippen molar-refractivity contribution in [2.45, 2.75) is 12.1 Å². The van der Waals surface area contributed by atoms with Gasteiger partial charge >= 0.3 is 12.1 Å². The number of nitrogens with one attached hydrogen (secondary N) is 1. The molecule has 0 bridgehead atoms. The topological polar surface area (TPSA) is 23.8 Å². The van der Waals surface area contributed by atoms with Gasteiger partial charge < -0.3 is 5.73 Å². The van der Waals surface area contributed by atoms with Gasteiger partial charge in [0.05, 0.1) is 5.69 Å². The van der Waals surface area contributed by atoms with Crippen molar-refractivity contribution in [2.24, 2.45) is 0 Å². The lowest BCUT2D eigenvalue weighted by Gasteiger charge is -2.19. The highest BCUT2D eigenvalue weighted by molar-refractivity contribution is 5.39. The molecule has 1 nitrogen and oxygen atoms in total. The van der Waals surface area contributed by atoms with Crippen molar-refractivity contribution in [1.82, 2.24) is 5.73 Å². The number of rotatable bonds is 1. The van der Waals surface area contributed by atoms with Crippen LogP contribution < -0.4 is 5.73 Å². The lowest BCUT2D eigenvalue weighted by molar-refractivity contribution is -0.289. The zero-order valence-corrected chi connectivity index (χ0v) is 6.70. The molecule has 0 spiro atoms. The van der Waals surface area contributed by atoms with Gasteiger partial charge in [0.1, 0.15) is 0 Å². The lowest BCUT2D eigenvalue weighted by Crippen LogP contribution is -2.33. The van der Waals surface area contributed by atoms with Gasteiger partial charge in [-0.3, -0.25) is 0 Å². The van der Waals surface area contributed by atoms with E-state index in [2.05, 4.69) is 0 Å². The Morgan fingerprint density at radius 3 is 2.00 bits per heavy atom. The Morgan fingerprint density at radius 2 is 1.57 bits per heavy atom. The van der Waals surface area contributed by atoms with Crippen LogP contribution in [0.3, 0.4) is 0 Å². The maximum Gasteiger partial charge on any atom is 0.458 e. The van der Waals surface area contributed by atoms with Gasteiger partial charge in [0.2, 0.25) is 0 Å². The molecule has 1 aromatic rings. The summed E-state index contributed by atoms with van der Waals surface area (Å²) in [7, 11) is 0. The van der Waals surface area contributed by atoms with Crippen LogP contribution in [0.1, 0.15) is 5.56 Å². The van der Waals surface area contributed by atoms with Crippen molar-refractivity contribution in [3.05, 3.63) is 29.8 Å².